The van der Waals surface area contributed by atoms with Gasteiger partial charge in [-0.25, -0.2) is 92.6 Å². The van der Waals surface area contributed by atoms with Crippen LogP contribution in [-0.2, 0) is 0 Å². The summed E-state index contributed by atoms with van der Waals surface area (Å²) in [5.41, 5.74) is -5.38. The fraction of sp³-hybridized carbons (Fsp3) is 0. The Kier molecular flexibility index (Phi) is 12.7. The molecular weight excluding hydrogens is 931 g/mol. The SMILES string of the molecule is Fc1c(F)c(F)c([B-](c2c(F)c(F)c(F)c(F)c2F)(c2c(F)c(F)c(F)c(F)c2F)c2c(F)c(F)c(F)c(F)c2F)c(F)c1F.[N-]=[N+]=Nc1cccc(O[n+]2ccc3ccccc3c2)c1. The second-order valence-electron chi connectivity index (χ2n) is 13.0. The first-order valence-electron chi connectivity index (χ1n) is 17.0. The lowest BCUT2D eigenvalue weighted by Gasteiger charge is -2.44. The predicted octanol–water partition coefficient (Wildman–Crippen LogP) is 9.76. The second kappa shape index (κ2) is 17.6. The molecule has 26 heteroatoms. The molecule has 0 spiro atoms. The maximum atomic E-state index is 15.4. The summed E-state index contributed by atoms with van der Waals surface area (Å²) in [7, 11) is 0. The van der Waals surface area contributed by atoms with Gasteiger partial charge in [0.05, 0.1) is 5.39 Å². The number of aromatic nitrogens is 1. The van der Waals surface area contributed by atoms with Crippen LogP contribution < -0.4 is 31.4 Å². The molecule has 1 heterocycles. The molecule has 0 aliphatic rings. The summed E-state index contributed by atoms with van der Waals surface area (Å²) in [6.45, 7) is 0. The number of pyridine rings is 1. The van der Waals surface area contributed by atoms with Crippen molar-refractivity contribution in [2.45, 2.75) is 0 Å². The van der Waals surface area contributed by atoms with E-state index in [4.69, 9.17) is 10.4 Å². The van der Waals surface area contributed by atoms with Gasteiger partial charge in [-0.2, -0.15) is 0 Å². The van der Waals surface area contributed by atoms with Crippen LogP contribution >= 0.6 is 0 Å². The first-order valence-corrected chi connectivity index (χ1v) is 17.0. The molecule has 0 atom stereocenters. The average molecular weight is 942 g/mol. The third-order valence-corrected chi connectivity index (χ3v) is 9.56. The molecule has 6 aromatic carbocycles. The van der Waals surface area contributed by atoms with E-state index in [0.717, 1.165) is 10.8 Å². The Bertz CT molecular complexity index is 2780. The minimum absolute atomic E-state index is 0.520. The fourth-order valence-corrected chi connectivity index (χ4v) is 6.82. The Labute approximate surface area is 346 Å². The van der Waals surface area contributed by atoms with Crippen molar-refractivity contribution in [3.63, 3.8) is 0 Å². The molecule has 0 aliphatic carbocycles. The fourth-order valence-electron chi connectivity index (χ4n) is 6.82. The summed E-state index contributed by atoms with van der Waals surface area (Å²) in [4.78, 5) is 8.46. The van der Waals surface area contributed by atoms with Crippen LogP contribution in [-0.4, -0.2) is 6.15 Å². The maximum absolute atomic E-state index is 15.4. The summed E-state index contributed by atoms with van der Waals surface area (Å²) in [5, 5.41) is 5.78. The molecule has 0 amide bonds. The minimum Gasteiger partial charge on any atom is -0.232 e. The van der Waals surface area contributed by atoms with Crippen molar-refractivity contribution in [3.8, 4) is 5.75 Å². The number of benzene rings is 6. The van der Waals surface area contributed by atoms with E-state index in [1.807, 2.05) is 42.7 Å². The number of rotatable bonds is 7. The summed E-state index contributed by atoms with van der Waals surface area (Å²) >= 11 is 0. The van der Waals surface area contributed by atoms with Gasteiger partial charge in [-0.15, -0.1) is 21.9 Å². The van der Waals surface area contributed by atoms with Gasteiger partial charge < -0.3 is 0 Å². The van der Waals surface area contributed by atoms with Gasteiger partial charge in [0, 0.05) is 21.4 Å². The highest BCUT2D eigenvalue weighted by Gasteiger charge is 2.52. The van der Waals surface area contributed by atoms with E-state index in [0.29, 0.717) is 11.4 Å². The first-order chi connectivity index (χ1) is 30.5. The smallest absolute Gasteiger partial charge is 0.230 e. The Morgan fingerprint density at radius 2 is 0.723 bits per heavy atom. The Morgan fingerprint density at radius 1 is 0.400 bits per heavy atom. The highest BCUT2D eigenvalue weighted by atomic mass is 19.2. The predicted molar refractivity (Wildman–Crippen MR) is 185 cm³/mol. The molecule has 65 heavy (non-hydrogen) atoms. The standard InChI is InChI=1S/C24BF20.C15H11N4O/c26-5-1(6(27)14(35)21(42)13(5)34)25(2-7(28)15(36)22(43)16(37)8(2)29,3-9(30)17(38)23(44)18(39)10(3)31)4-11(32)19(40)24(45)20(41)12(4)33;16-18-17-14-6-3-7-15(10-14)20-19-9-8-12-4-1-2-5-13(12)11-19/h;1-11H/q-1;+1. The molecule has 0 bridgehead atoms. The molecule has 0 saturated carbocycles. The molecule has 1 aromatic heterocycles. The molecule has 7 rings (SSSR count). The lowest BCUT2D eigenvalue weighted by Crippen LogP contribution is -2.81. The van der Waals surface area contributed by atoms with Crippen LogP contribution in [0.15, 0.2) is 72.1 Å². The normalized spacial score (nSPS) is 11.4. The molecule has 5 nitrogen and oxygen atoms in total. The molecule has 0 unspecified atom stereocenters. The lowest BCUT2D eigenvalue weighted by atomic mass is 9.12. The van der Waals surface area contributed by atoms with Crippen LogP contribution in [0.3, 0.4) is 0 Å². The van der Waals surface area contributed by atoms with Gasteiger partial charge in [0.1, 0.15) is 52.7 Å². The number of hydrogen-bond donors (Lipinski definition) is 0. The summed E-state index contributed by atoms with van der Waals surface area (Å²) in [5.74, 6) is -70.8. The highest BCUT2D eigenvalue weighted by Crippen LogP contribution is 2.31. The second-order valence-corrected chi connectivity index (χ2v) is 13.0. The largest absolute Gasteiger partial charge is 0.232 e. The van der Waals surface area contributed by atoms with Crippen LogP contribution in [0.5, 0.6) is 5.75 Å². The zero-order valence-corrected chi connectivity index (χ0v) is 30.7. The Morgan fingerprint density at radius 3 is 1.06 bits per heavy atom. The molecule has 0 fully saturated rings. The van der Waals surface area contributed by atoms with Gasteiger partial charge in [-0.1, -0.05) is 35.4 Å². The van der Waals surface area contributed by atoms with Crippen LogP contribution in [0, 0.1) is 116 Å². The van der Waals surface area contributed by atoms with Gasteiger partial charge in [-0.05, 0) is 29.1 Å². The van der Waals surface area contributed by atoms with Gasteiger partial charge in [-0.3, -0.25) is 0 Å². The zero-order chi connectivity index (χ0) is 48.1. The minimum atomic E-state index is -7.22. The van der Waals surface area contributed by atoms with Gasteiger partial charge in [0.15, 0.2) is 69.8 Å². The van der Waals surface area contributed by atoms with Crippen molar-refractivity contribution in [1.29, 1.82) is 0 Å². The third kappa shape index (κ3) is 7.51. The van der Waals surface area contributed by atoms with Crippen LogP contribution in [0.1, 0.15) is 0 Å². The van der Waals surface area contributed by atoms with E-state index in [2.05, 4.69) is 10.0 Å². The van der Waals surface area contributed by atoms with Crippen molar-refractivity contribution in [1.82, 2.24) is 0 Å². The van der Waals surface area contributed by atoms with E-state index in [1.54, 1.807) is 29.0 Å². The molecule has 7 aromatic rings. The van der Waals surface area contributed by atoms with E-state index in [-0.39, 0.29) is 0 Å². The molecule has 0 saturated heterocycles. The Balaban J connectivity index is 0.000000289. The number of halogens is 20. The zero-order valence-electron chi connectivity index (χ0n) is 30.7. The molecule has 0 aliphatic heterocycles. The lowest BCUT2D eigenvalue weighted by molar-refractivity contribution is -0.874. The molecule has 0 N–H and O–H groups in total. The molecule has 336 valence electrons. The van der Waals surface area contributed by atoms with E-state index in [9.17, 15) is 52.7 Å². The van der Waals surface area contributed by atoms with E-state index < -0.39 is 144 Å². The monoisotopic (exact) mass is 942 g/mol. The van der Waals surface area contributed by atoms with E-state index >= 15 is 35.1 Å². The topological polar surface area (TPSA) is 61.9 Å². The van der Waals surface area contributed by atoms with Gasteiger partial charge in [0.25, 0.3) is 0 Å². The van der Waals surface area contributed by atoms with Crippen molar-refractivity contribution < 1.29 is 97.4 Å². The average Bonchev–Trinajstić information content (AvgIpc) is 3.29. The molecular formula is C39H11BF20N4O. The van der Waals surface area contributed by atoms with Crippen LogP contribution in [0.4, 0.5) is 93.5 Å². The first kappa shape index (κ1) is 47.0. The van der Waals surface area contributed by atoms with Gasteiger partial charge in [0.2, 0.25) is 18.1 Å². The summed E-state index contributed by atoms with van der Waals surface area (Å²) in [6.07, 6.45) is -3.48. The summed E-state index contributed by atoms with van der Waals surface area (Å²) < 4.78 is 296. The summed E-state index contributed by atoms with van der Waals surface area (Å²) in [6, 6.07) is 17.0. The number of hydrogen-bond acceptors (Lipinski definition) is 2. The van der Waals surface area contributed by atoms with Crippen molar-refractivity contribution in [2.24, 2.45) is 5.11 Å². The van der Waals surface area contributed by atoms with Crippen molar-refractivity contribution >= 4 is 44.5 Å². The van der Waals surface area contributed by atoms with E-state index in [1.165, 1.54) is 0 Å². The van der Waals surface area contributed by atoms with Crippen molar-refractivity contribution in [2.75, 3.05) is 0 Å². The van der Waals surface area contributed by atoms with Crippen LogP contribution in [0.2, 0.25) is 0 Å². The number of fused-ring (bicyclic) bond motifs is 1. The molecule has 0 radical (unpaired) electrons. The Hall–Kier alpha value is -7.50. The number of azide groups is 1. The van der Waals surface area contributed by atoms with Crippen molar-refractivity contribution in [3.05, 3.63) is 194 Å². The van der Waals surface area contributed by atoms with Gasteiger partial charge >= 0.3 is 0 Å². The van der Waals surface area contributed by atoms with Crippen LogP contribution in [0.25, 0.3) is 21.2 Å². The highest BCUT2D eigenvalue weighted by molar-refractivity contribution is 7.20. The maximum Gasteiger partial charge on any atom is 0.230 e. The number of nitrogens with zero attached hydrogens (tertiary/aromatic N) is 4. The third-order valence-electron chi connectivity index (χ3n) is 9.56. The quantitative estimate of drug-likeness (QED) is 0.0230.